The van der Waals surface area contributed by atoms with Gasteiger partial charge in [0.25, 0.3) is 0 Å². The maximum Gasteiger partial charge on any atom is 0.140 e. The summed E-state index contributed by atoms with van der Waals surface area (Å²) in [4.78, 5) is 6.92. The Morgan fingerprint density at radius 2 is 1.88 bits per heavy atom. The molecule has 2 heterocycles. The Labute approximate surface area is 144 Å². The largest absolute Gasteiger partial charge is 0.373 e. The highest BCUT2D eigenvalue weighted by atomic mass is 16.5. The SMILES string of the molecule is CO[C@]1(c2ccnc(C#N)c2)[C@@H]2CCC[C@H]1CN(C1CCCC1)C2. The molecule has 3 aliphatic rings. The lowest BCUT2D eigenvalue weighted by molar-refractivity contribution is -0.174. The van der Waals surface area contributed by atoms with Crippen LogP contribution in [-0.4, -0.2) is 36.1 Å². The number of hydrogen-bond acceptors (Lipinski definition) is 4. The quantitative estimate of drug-likeness (QED) is 0.854. The lowest BCUT2D eigenvalue weighted by Gasteiger charge is -2.56. The van der Waals surface area contributed by atoms with Crippen LogP contribution in [0.15, 0.2) is 18.3 Å². The first-order valence-corrected chi connectivity index (χ1v) is 9.43. The van der Waals surface area contributed by atoms with Crippen molar-refractivity contribution in [3.63, 3.8) is 0 Å². The third kappa shape index (κ3) is 2.46. The molecule has 0 amide bonds. The van der Waals surface area contributed by atoms with Crippen molar-refractivity contribution in [2.75, 3.05) is 20.2 Å². The minimum absolute atomic E-state index is 0.234. The molecule has 3 fully saturated rings. The van der Waals surface area contributed by atoms with Crippen molar-refractivity contribution in [2.24, 2.45) is 11.8 Å². The van der Waals surface area contributed by atoms with Gasteiger partial charge in [-0.3, -0.25) is 4.90 Å². The van der Waals surface area contributed by atoms with E-state index in [1.807, 2.05) is 13.2 Å². The summed E-state index contributed by atoms with van der Waals surface area (Å²) in [6.07, 6.45) is 11.0. The Kier molecular flexibility index (Phi) is 4.32. The number of fused-ring (bicyclic) bond motifs is 2. The van der Waals surface area contributed by atoms with Gasteiger partial charge >= 0.3 is 0 Å². The molecule has 0 aromatic carbocycles. The van der Waals surface area contributed by atoms with Gasteiger partial charge in [0.2, 0.25) is 0 Å². The molecule has 1 aromatic rings. The summed E-state index contributed by atoms with van der Waals surface area (Å²) in [5.41, 5.74) is 1.43. The van der Waals surface area contributed by atoms with Crippen molar-refractivity contribution in [3.05, 3.63) is 29.6 Å². The molecule has 2 saturated carbocycles. The second-order valence-corrected chi connectivity index (χ2v) is 7.76. The fourth-order valence-electron chi connectivity index (χ4n) is 5.69. The molecule has 0 spiro atoms. The third-order valence-corrected chi connectivity index (χ3v) is 6.73. The second-order valence-electron chi connectivity index (χ2n) is 7.76. The van der Waals surface area contributed by atoms with E-state index in [0.717, 1.165) is 24.7 Å². The number of methoxy groups -OCH3 is 1. The van der Waals surface area contributed by atoms with E-state index in [0.29, 0.717) is 17.5 Å². The number of hydrogen-bond donors (Lipinski definition) is 0. The fourth-order valence-corrected chi connectivity index (χ4v) is 5.69. The molecule has 2 bridgehead atoms. The molecule has 24 heavy (non-hydrogen) atoms. The highest BCUT2D eigenvalue weighted by Crippen LogP contribution is 2.52. The molecule has 1 aromatic heterocycles. The highest BCUT2D eigenvalue weighted by molar-refractivity contribution is 5.32. The molecular formula is C20H27N3O. The van der Waals surface area contributed by atoms with Crippen LogP contribution < -0.4 is 0 Å². The van der Waals surface area contributed by atoms with Crippen LogP contribution in [0.3, 0.4) is 0 Å². The smallest absolute Gasteiger partial charge is 0.140 e. The number of aromatic nitrogens is 1. The van der Waals surface area contributed by atoms with Crippen LogP contribution in [0.25, 0.3) is 0 Å². The summed E-state index contributed by atoms with van der Waals surface area (Å²) in [6.45, 7) is 2.28. The summed E-state index contributed by atoms with van der Waals surface area (Å²) < 4.78 is 6.28. The van der Waals surface area contributed by atoms with Crippen molar-refractivity contribution in [1.29, 1.82) is 5.26 Å². The van der Waals surface area contributed by atoms with Gasteiger partial charge in [0, 0.05) is 44.3 Å². The Morgan fingerprint density at radius 3 is 2.50 bits per heavy atom. The van der Waals surface area contributed by atoms with E-state index >= 15 is 0 Å². The van der Waals surface area contributed by atoms with E-state index < -0.39 is 0 Å². The molecule has 128 valence electrons. The number of likely N-dealkylation sites (tertiary alicyclic amines) is 1. The van der Waals surface area contributed by atoms with Crippen molar-refractivity contribution >= 4 is 0 Å². The summed E-state index contributed by atoms with van der Waals surface area (Å²) in [6, 6.07) is 7.01. The molecule has 0 N–H and O–H groups in total. The molecule has 2 aliphatic carbocycles. The van der Waals surface area contributed by atoms with Gasteiger partial charge in [-0.25, -0.2) is 4.98 Å². The standard InChI is InChI=1S/C20H27N3O/c1-24-20(15-9-10-22-18(11-15)12-21)16-5-4-6-17(20)14-23(13-16)19-7-2-3-8-19/h9-11,16-17,19H,2-8,13-14H2,1H3/t16-,17+,20-. The summed E-state index contributed by atoms with van der Waals surface area (Å²) in [5.74, 6) is 1.04. The van der Waals surface area contributed by atoms with Crippen LogP contribution >= 0.6 is 0 Å². The lowest BCUT2D eigenvalue weighted by Crippen LogP contribution is -2.60. The number of nitrogens with zero attached hydrogens (tertiary/aromatic N) is 3. The number of piperidine rings is 1. The maximum absolute atomic E-state index is 9.24. The van der Waals surface area contributed by atoms with E-state index in [1.54, 1.807) is 6.20 Å². The summed E-state index contributed by atoms with van der Waals surface area (Å²) >= 11 is 0. The van der Waals surface area contributed by atoms with Gasteiger partial charge in [0.15, 0.2) is 0 Å². The zero-order valence-corrected chi connectivity index (χ0v) is 14.6. The average Bonchev–Trinajstić information content (AvgIpc) is 3.15. The molecular weight excluding hydrogens is 298 g/mol. The average molecular weight is 325 g/mol. The zero-order chi connectivity index (χ0) is 16.6. The van der Waals surface area contributed by atoms with Crippen LogP contribution in [0, 0.1) is 23.2 Å². The van der Waals surface area contributed by atoms with Gasteiger partial charge in [-0.1, -0.05) is 19.3 Å². The molecule has 4 heteroatoms. The number of nitriles is 1. The molecule has 3 atom stereocenters. The minimum atomic E-state index is -0.234. The zero-order valence-electron chi connectivity index (χ0n) is 14.6. The Bertz CT molecular complexity index is 618. The van der Waals surface area contributed by atoms with Crippen LogP contribution in [0.1, 0.15) is 56.2 Å². The van der Waals surface area contributed by atoms with Crippen LogP contribution in [0.4, 0.5) is 0 Å². The third-order valence-electron chi connectivity index (χ3n) is 6.73. The minimum Gasteiger partial charge on any atom is -0.373 e. The molecule has 1 aliphatic heterocycles. The molecule has 1 saturated heterocycles. The monoisotopic (exact) mass is 325 g/mol. The van der Waals surface area contributed by atoms with Gasteiger partial charge in [-0.05, 0) is 43.4 Å². The fraction of sp³-hybridized carbons (Fsp3) is 0.700. The first kappa shape index (κ1) is 16.1. The summed E-state index contributed by atoms with van der Waals surface area (Å²) in [7, 11) is 1.86. The lowest BCUT2D eigenvalue weighted by atomic mass is 9.62. The number of pyridine rings is 1. The molecule has 4 rings (SSSR count). The Morgan fingerprint density at radius 1 is 1.17 bits per heavy atom. The van der Waals surface area contributed by atoms with E-state index in [1.165, 1.54) is 44.9 Å². The van der Waals surface area contributed by atoms with Crippen molar-refractivity contribution in [1.82, 2.24) is 9.88 Å². The van der Waals surface area contributed by atoms with Gasteiger partial charge < -0.3 is 4.74 Å². The van der Waals surface area contributed by atoms with Gasteiger partial charge in [0.1, 0.15) is 17.4 Å². The summed E-state index contributed by atoms with van der Waals surface area (Å²) in [5, 5.41) is 9.24. The normalized spacial score (nSPS) is 34.2. The van der Waals surface area contributed by atoms with E-state index in [-0.39, 0.29) is 5.60 Å². The molecule has 0 unspecified atom stereocenters. The van der Waals surface area contributed by atoms with Crippen LogP contribution in [-0.2, 0) is 10.3 Å². The first-order valence-electron chi connectivity index (χ1n) is 9.43. The highest BCUT2D eigenvalue weighted by Gasteiger charge is 2.54. The predicted molar refractivity (Wildman–Crippen MR) is 92.3 cm³/mol. The Hall–Kier alpha value is -1.44. The Balaban J connectivity index is 1.68. The van der Waals surface area contributed by atoms with E-state index in [4.69, 9.17) is 4.74 Å². The van der Waals surface area contributed by atoms with Gasteiger partial charge in [-0.2, -0.15) is 5.26 Å². The maximum atomic E-state index is 9.24. The first-order chi connectivity index (χ1) is 11.8. The van der Waals surface area contributed by atoms with Crippen molar-refractivity contribution in [2.45, 2.75) is 56.6 Å². The number of ether oxygens (including phenoxy) is 1. The number of rotatable bonds is 3. The van der Waals surface area contributed by atoms with Crippen molar-refractivity contribution in [3.8, 4) is 6.07 Å². The second kappa shape index (κ2) is 6.46. The van der Waals surface area contributed by atoms with Gasteiger partial charge in [-0.15, -0.1) is 0 Å². The van der Waals surface area contributed by atoms with Crippen LogP contribution in [0.2, 0.25) is 0 Å². The van der Waals surface area contributed by atoms with E-state index in [2.05, 4.69) is 22.0 Å². The molecule has 0 radical (unpaired) electrons. The topological polar surface area (TPSA) is 49.1 Å². The van der Waals surface area contributed by atoms with E-state index in [9.17, 15) is 5.26 Å². The predicted octanol–water partition coefficient (Wildman–Crippen LogP) is 3.47. The van der Waals surface area contributed by atoms with Crippen LogP contribution in [0.5, 0.6) is 0 Å². The van der Waals surface area contributed by atoms with Gasteiger partial charge in [0.05, 0.1) is 0 Å². The molecule has 4 nitrogen and oxygen atoms in total. The van der Waals surface area contributed by atoms with Crippen molar-refractivity contribution < 1.29 is 4.74 Å².